The number of halogens is 1. The molecule has 2 aromatic carbocycles. The van der Waals surface area contributed by atoms with Crippen LogP contribution in [0, 0.1) is 18.7 Å². The first kappa shape index (κ1) is 36.7. The van der Waals surface area contributed by atoms with Gasteiger partial charge in [-0.3, -0.25) is 24.0 Å². The van der Waals surface area contributed by atoms with E-state index in [-0.39, 0.29) is 68.9 Å². The summed E-state index contributed by atoms with van der Waals surface area (Å²) in [6.07, 6.45) is 0.448. The van der Waals surface area contributed by atoms with Gasteiger partial charge in [0.2, 0.25) is 23.6 Å². The second kappa shape index (κ2) is 16.4. The number of hydrogen-bond acceptors (Lipinski definition) is 7. The van der Waals surface area contributed by atoms with E-state index < -0.39 is 41.7 Å². The first-order valence-corrected chi connectivity index (χ1v) is 17.1. The van der Waals surface area contributed by atoms with E-state index in [4.69, 9.17) is 0 Å². The van der Waals surface area contributed by atoms with Crippen molar-refractivity contribution >= 4 is 40.4 Å². The smallest absolute Gasteiger partial charge is 0.270 e. The van der Waals surface area contributed by atoms with Gasteiger partial charge in [0, 0.05) is 43.4 Å². The van der Waals surface area contributed by atoms with Crippen molar-refractivity contribution in [3.8, 4) is 0 Å². The number of nitrogens with one attached hydrogen (secondary N) is 5. The highest BCUT2D eigenvalue weighted by atomic mass is 19.1. The van der Waals surface area contributed by atoms with E-state index in [2.05, 4.69) is 36.3 Å². The van der Waals surface area contributed by atoms with Crippen LogP contribution < -0.4 is 21.3 Å². The van der Waals surface area contributed by atoms with Crippen LogP contribution in [0.25, 0.3) is 10.9 Å². The van der Waals surface area contributed by atoms with Crippen LogP contribution in [-0.2, 0) is 32.1 Å². The monoisotopic (exact) mass is 701 g/mol. The Labute approximate surface area is 294 Å². The number of aromatic amines is 1. The van der Waals surface area contributed by atoms with Gasteiger partial charge in [-0.25, -0.2) is 14.1 Å². The Hall–Kier alpha value is -5.60. The minimum atomic E-state index is -0.993. The number of H-pyrrole nitrogens is 1. The molecule has 15 heteroatoms. The summed E-state index contributed by atoms with van der Waals surface area (Å²) in [5.41, 5.74) is 1.65. The van der Waals surface area contributed by atoms with Gasteiger partial charge in [0.15, 0.2) is 5.82 Å². The zero-order valence-corrected chi connectivity index (χ0v) is 29.2. The maximum Gasteiger partial charge on any atom is 0.270 e. The van der Waals surface area contributed by atoms with E-state index in [1.54, 1.807) is 19.1 Å². The number of rotatable bonds is 4. The molecule has 14 nitrogen and oxygen atoms in total. The summed E-state index contributed by atoms with van der Waals surface area (Å²) in [5, 5.41) is 16.3. The maximum absolute atomic E-state index is 13.9. The summed E-state index contributed by atoms with van der Waals surface area (Å²) in [7, 11) is 0. The predicted octanol–water partition coefficient (Wildman–Crippen LogP) is 2.30. The summed E-state index contributed by atoms with van der Waals surface area (Å²) in [6.45, 7) is 7.20. The summed E-state index contributed by atoms with van der Waals surface area (Å²) in [6, 6.07) is 12.4. The second-order valence-electron chi connectivity index (χ2n) is 13.1. The van der Waals surface area contributed by atoms with E-state index in [0.717, 1.165) is 5.56 Å². The first-order chi connectivity index (χ1) is 24.4. The number of nitrogens with zero attached hydrogens (tertiary/aromatic N) is 4. The average Bonchev–Trinajstić information content (AvgIpc) is 3.67. The second-order valence-corrected chi connectivity index (χ2v) is 13.1. The van der Waals surface area contributed by atoms with Gasteiger partial charge >= 0.3 is 0 Å². The van der Waals surface area contributed by atoms with Gasteiger partial charge in [-0.15, -0.1) is 0 Å². The van der Waals surface area contributed by atoms with Crippen molar-refractivity contribution in [1.82, 2.24) is 45.9 Å². The lowest BCUT2D eigenvalue weighted by atomic mass is 10.0. The molecular weight excluding hydrogens is 657 g/mol. The molecule has 0 fully saturated rings. The van der Waals surface area contributed by atoms with Crippen molar-refractivity contribution in [1.29, 1.82) is 0 Å². The van der Waals surface area contributed by atoms with Gasteiger partial charge in [-0.05, 0) is 56.0 Å². The van der Waals surface area contributed by atoms with Crippen molar-refractivity contribution in [3.05, 3.63) is 83.3 Å². The molecule has 5 N–H and O–H groups in total. The number of aryl methyl sites for hydroxylation is 1. The fourth-order valence-electron chi connectivity index (χ4n) is 5.99. The molecule has 0 spiro atoms. The summed E-state index contributed by atoms with van der Waals surface area (Å²) in [5.74, 6) is -2.01. The van der Waals surface area contributed by atoms with E-state index in [1.165, 1.54) is 28.6 Å². The topological polar surface area (TPSA) is 183 Å². The number of aromatic nitrogens is 4. The molecule has 0 aliphatic carbocycles. The third kappa shape index (κ3) is 9.55. The Bertz CT molecular complexity index is 1890. The molecule has 0 saturated heterocycles. The van der Waals surface area contributed by atoms with Gasteiger partial charge in [-0.1, -0.05) is 44.2 Å². The van der Waals surface area contributed by atoms with Crippen LogP contribution in [0.4, 0.5) is 4.39 Å². The predicted molar refractivity (Wildman–Crippen MR) is 187 cm³/mol. The number of carbonyl (C=O) groups excluding carboxylic acids is 5. The fraction of sp³-hybridized carbons (Fsp3) is 0.417. The highest BCUT2D eigenvalue weighted by Crippen LogP contribution is 2.22. The van der Waals surface area contributed by atoms with Gasteiger partial charge < -0.3 is 31.2 Å². The quantitative estimate of drug-likeness (QED) is 0.216. The average molecular weight is 702 g/mol. The standard InChI is InChI=1S/C36H44FN9O5/c1-21(2)32-33-40-23(4)44-46(33)20-31(48)38-14-16-45(36(51)29-19-25-18-26(37)12-13-27(25)41-29)15-8-11-30(47)39-22(3)34(49)42-28(35(50)43-32)17-24-9-6-5-7-10-24/h5-7,9-10,12-13,18-19,21-22,28,32,41H,8,11,14-17,20H2,1-4H3,(H,38,48)(H,39,47)(H,42,49)(H,43,50)/t22-,28+,32-/m0/s1. The molecule has 1 aliphatic rings. The number of benzene rings is 2. The van der Waals surface area contributed by atoms with Gasteiger partial charge in [0.05, 0.1) is 6.04 Å². The van der Waals surface area contributed by atoms with Crippen LogP contribution in [0.15, 0.2) is 54.6 Å². The summed E-state index contributed by atoms with van der Waals surface area (Å²) in [4.78, 5) is 76.1. The highest BCUT2D eigenvalue weighted by molar-refractivity contribution is 5.98. The van der Waals surface area contributed by atoms with Crippen LogP contribution in [0.5, 0.6) is 0 Å². The fourth-order valence-corrected chi connectivity index (χ4v) is 5.99. The number of fused-ring (bicyclic) bond motifs is 2. The molecular formula is C36H44FN9O5. The SMILES string of the molecule is Cc1nc2n(n1)CC(=O)NCCN(C(=O)c1cc3cc(F)ccc3[nH]1)CCCC(=O)N[C@@H](C)C(=O)N[C@H](Cc1ccccc1)C(=O)N[C@H]2C(C)C. The van der Waals surface area contributed by atoms with Crippen LogP contribution in [0.1, 0.15) is 67.4 Å². The third-order valence-corrected chi connectivity index (χ3v) is 8.66. The number of carbonyl (C=O) groups is 5. The molecule has 0 bridgehead atoms. The molecule has 5 rings (SSSR count). The van der Waals surface area contributed by atoms with E-state index in [9.17, 15) is 28.4 Å². The normalized spacial score (nSPS) is 20.3. The third-order valence-electron chi connectivity index (χ3n) is 8.66. The number of amides is 5. The molecule has 1 aliphatic heterocycles. The zero-order valence-electron chi connectivity index (χ0n) is 29.2. The molecule has 0 saturated carbocycles. The lowest BCUT2D eigenvalue weighted by Gasteiger charge is -2.27. The molecule has 0 unspecified atom stereocenters. The molecule has 3 atom stereocenters. The van der Waals surface area contributed by atoms with Crippen molar-refractivity contribution in [3.63, 3.8) is 0 Å². The first-order valence-electron chi connectivity index (χ1n) is 17.1. The van der Waals surface area contributed by atoms with Gasteiger partial charge in [0.1, 0.15) is 36.0 Å². The molecule has 3 heterocycles. The molecule has 4 aromatic rings. The maximum atomic E-state index is 13.9. The largest absolute Gasteiger partial charge is 0.353 e. The Morgan fingerprint density at radius 1 is 0.961 bits per heavy atom. The number of hydrogen-bond donors (Lipinski definition) is 5. The van der Waals surface area contributed by atoms with Crippen molar-refractivity contribution in [2.45, 2.75) is 71.6 Å². The Kier molecular flexibility index (Phi) is 11.8. The van der Waals surface area contributed by atoms with Crippen LogP contribution >= 0.6 is 0 Å². The van der Waals surface area contributed by atoms with E-state index >= 15 is 0 Å². The van der Waals surface area contributed by atoms with Crippen LogP contribution in [0.2, 0.25) is 0 Å². The van der Waals surface area contributed by atoms with Crippen LogP contribution in [0.3, 0.4) is 0 Å². The van der Waals surface area contributed by atoms with Gasteiger partial charge in [-0.2, -0.15) is 5.10 Å². The van der Waals surface area contributed by atoms with Crippen molar-refractivity contribution in [2.24, 2.45) is 5.92 Å². The molecule has 2 aromatic heterocycles. The highest BCUT2D eigenvalue weighted by Gasteiger charge is 2.31. The minimum absolute atomic E-state index is 0.00406. The van der Waals surface area contributed by atoms with Crippen molar-refractivity contribution < 1.29 is 28.4 Å². The van der Waals surface area contributed by atoms with Crippen LogP contribution in [-0.4, -0.2) is 85.9 Å². The molecule has 51 heavy (non-hydrogen) atoms. The van der Waals surface area contributed by atoms with Gasteiger partial charge in [0.25, 0.3) is 5.91 Å². The molecule has 270 valence electrons. The Morgan fingerprint density at radius 2 is 1.73 bits per heavy atom. The lowest BCUT2D eigenvalue weighted by molar-refractivity contribution is -0.132. The molecule has 0 radical (unpaired) electrons. The Balaban J connectivity index is 1.41. The molecule has 5 amide bonds. The lowest BCUT2D eigenvalue weighted by Crippen LogP contribution is -2.54. The van der Waals surface area contributed by atoms with E-state index in [0.29, 0.717) is 22.6 Å². The summed E-state index contributed by atoms with van der Waals surface area (Å²) < 4.78 is 15.3. The van der Waals surface area contributed by atoms with Crippen molar-refractivity contribution in [2.75, 3.05) is 19.6 Å². The Morgan fingerprint density at radius 3 is 2.47 bits per heavy atom. The summed E-state index contributed by atoms with van der Waals surface area (Å²) >= 11 is 0. The zero-order chi connectivity index (χ0) is 36.7. The van der Waals surface area contributed by atoms with E-state index in [1.807, 2.05) is 44.2 Å². The minimum Gasteiger partial charge on any atom is -0.353 e.